The van der Waals surface area contributed by atoms with Crippen LogP contribution in [0.5, 0.6) is 5.75 Å². The average Bonchev–Trinajstić information content (AvgIpc) is 3.06. The minimum Gasteiger partial charge on any atom is -0.495 e. The van der Waals surface area contributed by atoms with Crippen molar-refractivity contribution in [2.24, 2.45) is 11.0 Å². The summed E-state index contributed by atoms with van der Waals surface area (Å²) in [6.45, 7) is 3.98. The molecule has 0 saturated heterocycles. The van der Waals surface area contributed by atoms with E-state index in [4.69, 9.17) is 4.74 Å². The number of hydrogen-bond donors (Lipinski definition) is 2. The first-order chi connectivity index (χ1) is 13.4. The van der Waals surface area contributed by atoms with E-state index in [1.54, 1.807) is 31.4 Å². The van der Waals surface area contributed by atoms with Crippen molar-refractivity contribution in [3.63, 3.8) is 0 Å². The second-order valence-electron chi connectivity index (χ2n) is 7.21. The SMILES string of the molecule is COc1cccc2c3c([nH]c12)/C(=N\NS(=O)(=O)c1ccc(C)cc1)C(C)CC3. The molecule has 0 saturated carbocycles. The van der Waals surface area contributed by atoms with Crippen molar-refractivity contribution in [2.45, 2.75) is 31.6 Å². The molecule has 1 aliphatic rings. The largest absolute Gasteiger partial charge is 0.495 e. The molecule has 0 spiro atoms. The molecule has 4 rings (SSSR count). The Morgan fingerprint density at radius 1 is 1.18 bits per heavy atom. The molecule has 0 radical (unpaired) electrons. The number of rotatable bonds is 4. The van der Waals surface area contributed by atoms with Crippen LogP contribution in [0, 0.1) is 12.8 Å². The third-order valence-electron chi connectivity index (χ3n) is 5.29. The highest BCUT2D eigenvalue weighted by Crippen LogP contribution is 2.35. The topological polar surface area (TPSA) is 83.5 Å². The molecule has 1 aliphatic carbocycles. The molecule has 7 heteroatoms. The maximum atomic E-state index is 12.6. The van der Waals surface area contributed by atoms with Gasteiger partial charge in [-0.3, -0.25) is 0 Å². The fourth-order valence-electron chi connectivity index (χ4n) is 3.68. The number of H-pyrrole nitrogens is 1. The summed E-state index contributed by atoms with van der Waals surface area (Å²) in [7, 11) is -2.08. The molecular weight excluding hydrogens is 374 g/mol. The van der Waals surface area contributed by atoms with E-state index in [0.717, 1.165) is 52.0 Å². The predicted octanol–water partition coefficient (Wildman–Crippen LogP) is 3.75. The molecule has 6 nitrogen and oxygen atoms in total. The van der Waals surface area contributed by atoms with Crippen LogP contribution in [0.15, 0.2) is 52.5 Å². The van der Waals surface area contributed by atoms with Gasteiger partial charge in [-0.05, 0) is 43.5 Å². The van der Waals surface area contributed by atoms with E-state index in [0.29, 0.717) is 0 Å². The molecule has 146 valence electrons. The Kier molecular flexibility index (Phi) is 4.63. The van der Waals surface area contributed by atoms with Crippen LogP contribution in [0.3, 0.4) is 0 Å². The molecule has 1 aromatic heterocycles. The number of fused-ring (bicyclic) bond motifs is 3. The molecule has 1 heterocycles. The van der Waals surface area contributed by atoms with Gasteiger partial charge in [-0.25, -0.2) is 0 Å². The summed E-state index contributed by atoms with van der Waals surface area (Å²) >= 11 is 0. The number of aromatic amines is 1. The highest BCUT2D eigenvalue weighted by molar-refractivity contribution is 7.89. The van der Waals surface area contributed by atoms with Crippen LogP contribution in [0.25, 0.3) is 10.9 Å². The zero-order valence-electron chi connectivity index (χ0n) is 16.1. The van der Waals surface area contributed by atoms with Gasteiger partial charge in [0.25, 0.3) is 10.0 Å². The van der Waals surface area contributed by atoms with Gasteiger partial charge in [0, 0.05) is 11.3 Å². The van der Waals surface area contributed by atoms with Gasteiger partial charge in [-0.2, -0.15) is 18.4 Å². The number of nitrogens with one attached hydrogen (secondary N) is 2. The van der Waals surface area contributed by atoms with Crippen molar-refractivity contribution in [3.8, 4) is 5.75 Å². The second kappa shape index (κ2) is 6.98. The molecule has 0 amide bonds. The minimum absolute atomic E-state index is 0.132. The van der Waals surface area contributed by atoms with Crippen molar-refractivity contribution < 1.29 is 13.2 Å². The van der Waals surface area contributed by atoms with Gasteiger partial charge in [-0.15, -0.1) is 0 Å². The van der Waals surface area contributed by atoms with Gasteiger partial charge < -0.3 is 9.72 Å². The standard InChI is InChI=1S/C21H23N3O3S/c1-13-7-10-15(11-8-13)28(25,26)24-23-19-14(2)9-12-17-16-5-4-6-18(27-3)20(16)22-21(17)19/h4-8,10-11,14,22,24H,9,12H2,1-3H3/b23-19-. The van der Waals surface area contributed by atoms with Crippen molar-refractivity contribution in [1.82, 2.24) is 9.82 Å². The van der Waals surface area contributed by atoms with Gasteiger partial charge in [0.2, 0.25) is 0 Å². The summed E-state index contributed by atoms with van der Waals surface area (Å²) in [6, 6.07) is 12.6. The van der Waals surface area contributed by atoms with Crippen molar-refractivity contribution in [1.29, 1.82) is 0 Å². The summed E-state index contributed by atoms with van der Waals surface area (Å²) < 4.78 is 30.7. The van der Waals surface area contributed by atoms with Gasteiger partial charge in [0.15, 0.2) is 0 Å². The number of hydrogen-bond acceptors (Lipinski definition) is 4. The molecule has 2 N–H and O–H groups in total. The average molecular weight is 398 g/mol. The van der Waals surface area contributed by atoms with Gasteiger partial charge in [0.05, 0.1) is 28.9 Å². The molecule has 0 bridgehead atoms. The van der Waals surface area contributed by atoms with Crippen LogP contribution in [-0.2, 0) is 16.4 Å². The van der Waals surface area contributed by atoms with E-state index in [2.05, 4.69) is 27.9 Å². The monoisotopic (exact) mass is 397 g/mol. The van der Waals surface area contributed by atoms with Gasteiger partial charge in [0.1, 0.15) is 5.75 Å². The Hall–Kier alpha value is -2.80. The number of para-hydroxylation sites is 1. The number of ether oxygens (including phenoxy) is 1. The van der Waals surface area contributed by atoms with E-state index < -0.39 is 10.0 Å². The fourth-order valence-corrected chi connectivity index (χ4v) is 4.50. The lowest BCUT2D eigenvalue weighted by molar-refractivity contribution is 0.419. The molecule has 0 aliphatic heterocycles. The second-order valence-corrected chi connectivity index (χ2v) is 8.87. The quantitative estimate of drug-likeness (QED) is 0.658. The highest BCUT2D eigenvalue weighted by atomic mass is 32.2. The molecule has 28 heavy (non-hydrogen) atoms. The Morgan fingerprint density at radius 3 is 2.64 bits per heavy atom. The summed E-state index contributed by atoms with van der Waals surface area (Å²) in [6.07, 6.45) is 1.82. The summed E-state index contributed by atoms with van der Waals surface area (Å²) in [5.41, 5.74) is 4.67. The number of benzene rings is 2. The lowest BCUT2D eigenvalue weighted by Crippen LogP contribution is -2.26. The minimum atomic E-state index is -3.72. The first-order valence-corrected chi connectivity index (χ1v) is 10.7. The predicted molar refractivity (Wildman–Crippen MR) is 110 cm³/mol. The zero-order valence-corrected chi connectivity index (χ0v) is 16.9. The van der Waals surface area contributed by atoms with Crippen molar-refractivity contribution in [3.05, 3.63) is 59.3 Å². The molecule has 2 aromatic carbocycles. The number of sulfonamides is 1. The maximum Gasteiger partial charge on any atom is 0.276 e. The van der Waals surface area contributed by atoms with Crippen LogP contribution >= 0.6 is 0 Å². The van der Waals surface area contributed by atoms with E-state index in [1.807, 2.05) is 19.1 Å². The highest BCUT2D eigenvalue weighted by Gasteiger charge is 2.27. The van der Waals surface area contributed by atoms with Crippen molar-refractivity contribution in [2.75, 3.05) is 7.11 Å². The molecule has 0 fully saturated rings. The Balaban J connectivity index is 1.75. The van der Waals surface area contributed by atoms with E-state index in [-0.39, 0.29) is 10.8 Å². The molecule has 1 atom stereocenters. The fraction of sp³-hybridized carbons (Fsp3) is 0.286. The lowest BCUT2D eigenvalue weighted by Gasteiger charge is -2.21. The smallest absolute Gasteiger partial charge is 0.276 e. The number of nitrogens with zero attached hydrogens (tertiary/aromatic N) is 1. The van der Waals surface area contributed by atoms with Gasteiger partial charge in [-0.1, -0.05) is 36.8 Å². The third kappa shape index (κ3) is 3.16. The Morgan fingerprint density at radius 2 is 1.93 bits per heavy atom. The Bertz CT molecular complexity index is 1160. The molecule has 3 aromatic rings. The molecular formula is C21H23N3O3S. The van der Waals surface area contributed by atoms with E-state index >= 15 is 0 Å². The normalized spacial score (nSPS) is 18.2. The van der Waals surface area contributed by atoms with Crippen LogP contribution < -0.4 is 9.57 Å². The van der Waals surface area contributed by atoms with Gasteiger partial charge >= 0.3 is 0 Å². The van der Waals surface area contributed by atoms with Crippen LogP contribution in [0.1, 0.15) is 30.2 Å². The number of aromatic nitrogens is 1. The molecule has 1 unspecified atom stereocenters. The van der Waals surface area contributed by atoms with Crippen molar-refractivity contribution >= 4 is 26.6 Å². The van der Waals surface area contributed by atoms with E-state index in [1.165, 1.54) is 0 Å². The first-order valence-electron chi connectivity index (χ1n) is 9.24. The third-order valence-corrected chi connectivity index (χ3v) is 6.52. The Labute approximate surface area is 164 Å². The van der Waals surface area contributed by atoms with Crippen LogP contribution in [0.2, 0.25) is 0 Å². The van der Waals surface area contributed by atoms with Crippen LogP contribution in [-0.4, -0.2) is 26.2 Å². The summed E-state index contributed by atoms with van der Waals surface area (Å²) in [5, 5.41) is 5.43. The summed E-state index contributed by atoms with van der Waals surface area (Å²) in [4.78, 5) is 6.03. The zero-order chi connectivity index (χ0) is 19.9. The first kappa shape index (κ1) is 18.6. The van der Waals surface area contributed by atoms with Crippen LogP contribution in [0.4, 0.5) is 0 Å². The maximum absolute atomic E-state index is 12.6. The summed E-state index contributed by atoms with van der Waals surface area (Å²) in [5.74, 6) is 0.895. The number of aryl methyl sites for hydroxylation is 2. The number of hydrazone groups is 1. The lowest BCUT2D eigenvalue weighted by atomic mass is 9.86. The van der Waals surface area contributed by atoms with E-state index in [9.17, 15) is 8.42 Å². The number of methoxy groups -OCH3 is 1.